The molecule has 0 aliphatic carbocycles. The van der Waals surface area contributed by atoms with Gasteiger partial charge in [0, 0.05) is 16.6 Å². The molecule has 0 aliphatic heterocycles. The second-order valence-corrected chi connectivity index (χ2v) is 7.25. The third-order valence-corrected chi connectivity index (χ3v) is 5.06. The Hall–Kier alpha value is -3.13. The molecule has 0 radical (unpaired) electrons. The number of thioether (sulfide) groups is 1. The molecule has 0 aliphatic rings. The van der Waals surface area contributed by atoms with Crippen LogP contribution < -0.4 is 10.1 Å². The van der Waals surface area contributed by atoms with Crippen LogP contribution in [0.3, 0.4) is 0 Å². The molecule has 1 amide bonds. The lowest BCUT2D eigenvalue weighted by Crippen LogP contribution is -2.22. The number of anilines is 1. The number of rotatable bonds is 5. The SMILES string of the molecule is COc1ccc(NC(=O)C(C)Sc2nnc3c(n2)[nH]c2ccccc23)cc1. The Morgan fingerprint density at radius 2 is 1.93 bits per heavy atom. The minimum Gasteiger partial charge on any atom is -0.497 e. The number of hydrogen-bond donors (Lipinski definition) is 2. The first-order chi connectivity index (χ1) is 13.1. The molecule has 4 aromatic rings. The van der Waals surface area contributed by atoms with Crippen LogP contribution in [0.25, 0.3) is 22.1 Å². The number of methoxy groups -OCH3 is 1. The first kappa shape index (κ1) is 17.3. The van der Waals surface area contributed by atoms with E-state index in [1.807, 2.05) is 31.2 Å². The Morgan fingerprint density at radius 3 is 2.70 bits per heavy atom. The number of ether oxygens (including phenoxy) is 1. The van der Waals surface area contributed by atoms with Crippen molar-refractivity contribution in [1.29, 1.82) is 0 Å². The summed E-state index contributed by atoms with van der Waals surface area (Å²) in [6.07, 6.45) is 0. The van der Waals surface area contributed by atoms with Gasteiger partial charge in [0.1, 0.15) is 11.3 Å². The number of para-hydroxylation sites is 1. The monoisotopic (exact) mass is 379 g/mol. The number of aromatic amines is 1. The Labute approximate surface area is 159 Å². The van der Waals surface area contributed by atoms with Crippen LogP contribution in [0.15, 0.2) is 53.7 Å². The first-order valence-corrected chi connectivity index (χ1v) is 9.25. The Balaban J connectivity index is 1.48. The van der Waals surface area contributed by atoms with Crippen LogP contribution in [0.4, 0.5) is 5.69 Å². The standard InChI is InChI=1S/C19H17N5O2S/c1-11(18(25)20-12-7-9-13(26-2)10-8-12)27-19-22-17-16(23-24-19)14-5-3-4-6-15(14)21-17/h3-11H,1-2H3,(H,20,25)(H,21,22,24). The highest BCUT2D eigenvalue weighted by molar-refractivity contribution is 8.00. The van der Waals surface area contributed by atoms with E-state index in [0.717, 1.165) is 22.2 Å². The molecule has 0 saturated heterocycles. The topological polar surface area (TPSA) is 92.8 Å². The molecule has 27 heavy (non-hydrogen) atoms. The first-order valence-electron chi connectivity index (χ1n) is 8.37. The van der Waals surface area contributed by atoms with Gasteiger partial charge in [0.2, 0.25) is 11.1 Å². The molecular formula is C19H17N5O2S. The average Bonchev–Trinajstić information content (AvgIpc) is 3.06. The molecule has 7 nitrogen and oxygen atoms in total. The number of nitrogens with zero attached hydrogens (tertiary/aromatic N) is 3. The van der Waals surface area contributed by atoms with E-state index in [2.05, 4.69) is 25.5 Å². The second kappa shape index (κ2) is 7.24. The van der Waals surface area contributed by atoms with Gasteiger partial charge in [0.15, 0.2) is 5.65 Å². The lowest BCUT2D eigenvalue weighted by Gasteiger charge is -2.11. The summed E-state index contributed by atoms with van der Waals surface area (Å²) in [7, 11) is 1.60. The molecule has 8 heteroatoms. The van der Waals surface area contributed by atoms with Gasteiger partial charge in [-0.15, -0.1) is 10.2 Å². The second-order valence-electron chi connectivity index (χ2n) is 5.94. The predicted molar refractivity (Wildman–Crippen MR) is 106 cm³/mol. The summed E-state index contributed by atoms with van der Waals surface area (Å²) in [5.74, 6) is 0.604. The molecule has 1 unspecified atom stereocenters. The summed E-state index contributed by atoms with van der Waals surface area (Å²) >= 11 is 1.26. The Morgan fingerprint density at radius 1 is 1.15 bits per heavy atom. The number of H-pyrrole nitrogens is 1. The van der Waals surface area contributed by atoms with E-state index >= 15 is 0 Å². The summed E-state index contributed by atoms with van der Waals surface area (Å²) in [4.78, 5) is 20.2. The van der Waals surface area contributed by atoms with Crippen LogP contribution in [-0.4, -0.2) is 38.4 Å². The quantitative estimate of drug-likeness (QED) is 0.514. The minimum atomic E-state index is -0.379. The van der Waals surface area contributed by atoms with E-state index in [-0.39, 0.29) is 11.2 Å². The van der Waals surface area contributed by atoms with Crippen LogP contribution in [-0.2, 0) is 4.79 Å². The highest BCUT2D eigenvalue weighted by Gasteiger charge is 2.18. The summed E-state index contributed by atoms with van der Waals surface area (Å²) < 4.78 is 5.11. The van der Waals surface area contributed by atoms with Crippen molar-refractivity contribution in [1.82, 2.24) is 20.2 Å². The van der Waals surface area contributed by atoms with E-state index in [4.69, 9.17) is 4.74 Å². The van der Waals surface area contributed by atoms with E-state index in [0.29, 0.717) is 16.5 Å². The van der Waals surface area contributed by atoms with Crippen molar-refractivity contribution in [2.75, 3.05) is 12.4 Å². The van der Waals surface area contributed by atoms with Crippen molar-refractivity contribution < 1.29 is 9.53 Å². The molecule has 0 fully saturated rings. The van der Waals surface area contributed by atoms with Crippen molar-refractivity contribution in [3.63, 3.8) is 0 Å². The van der Waals surface area contributed by atoms with Gasteiger partial charge in [-0.25, -0.2) is 4.98 Å². The number of nitrogens with one attached hydrogen (secondary N) is 2. The molecule has 0 saturated carbocycles. The number of aromatic nitrogens is 4. The lowest BCUT2D eigenvalue weighted by atomic mass is 10.2. The van der Waals surface area contributed by atoms with Crippen molar-refractivity contribution in [3.8, 4) is 5.75 Å². The van der Waals surface area contributed by atoms with E-state index in [1.165, 1.54) is 11.8 Å². The summed E-state index contributed by atoms with van der Waals surface area (Å²) in [6, 6.07) is 15.0. The van der Waals surface area contributed by atoms with Crippen molar-refractivity contribution in [2.24, 2.45) is 0 Å². The van der Waals surface area contributed by atoms with Gasteiger partial charge in [-0.05, 0) is 37.3 Å². The zero-order chi connectivity index (χ0) is 18.8. The number of hydrogen-bond acceptors (Lipinski definition) is 6. The van der Waals surface area contributed by atoms with Crippen molar-refractivity contribution >= 4 is 45.4 Å². The Bertz CT molecular complexity index is 1110. The summed E-state index contributed by atoms with van der Waals surface area (Å²) in [5.41, 5.74) is 3.06. The largest absolute Gasteiger partial charge is 0.497 e. The van der Waals surface area contributed by atoms with Crippen LogP contribution in [0.1, 0.15) is 6.92 Å². The molecule has 0 spiro atoms. The van der Waals surface area contributed by atoms with Gasteiger partial charge in [0.25, 0.3) is 0 Å². The maximum atomic E-state index is 12.4. The Kier molecular flexibility index (Phi) is 4.64. The fraction of sp³-hybridized carbons (Fsp3) is 0.158. The van der Waals surface area contributed by atoms with Gasteiger partial charge < -0.3 is 15.0 Å². The molecule has 2 aromatic heterocycles. The number of fused-ring (bicyclic) bond motifs is 3. The number of carbonyl (C=O) groups is 1. The average molecular weight is 379 g/mol. The molecule has 2 aromatic carbocycles. The van der Waals surface area contributed by atoms with Gasteiger partial charge in [0.05, 0.1) is 12.4 Å². The number of amides is 1. The van der Waals surface area contributed by atoms with E-state index < -0.39 is 0 Å². The van der Waals surface area contributed by atoms with Gasteiger partial charge in [-0.2, -0.15) is 0 Å². The summed E-state index contributed by atoms with van der Waals surface area (Å²) in [5, 5.41) is 12.4. The smallest absolute Gasteiger partial charge is 0.237 e. The fourth-order valence-corrected chi connectivity index (χ4v) is 3.40. The molecule has 4 rings (SSSR count). The molecule has 1 atom stereocenters. The zero-order valence-corrected chi connectivity index (χ0v) is 15.6. The maximum absolute atomic E-state index is 12.4. The molecule has 0 bridgehead atoms. The highest BCUT2D eigenvalue weighted by Crippen LogP contribution is 2.25. The van der Waals surface area contributed by atoms with E-state index in [1.54, 1.807) is 31.4 Å². The third kappa shape index (κ3) is 3.56. The van der Waals surface area contributed by atoms with Crippen LogP contribution >= 0.6 is 11.8 Å². The minimum absolute atomic E-state index is 0.134. The number of benzene rings is 2. The molecular weight excluding hydrogens is 362 g/mol. The van der Waals surface area contributed by atoms with Gasteiger partial charge in [-0.1, -0.05) is 30.0 Å². The molecule has 136 valence electrons. The molecule has 2 N–H and O–H groups in total. The zero-order valence-electron chi connectivity index (χ0n) is 14.8. The van der Waals surface area contributed by atoms with Crippen molar-refractivity contribution in [2.45, 2.75) is 17.3 Å². The lowest BCUT2D eigenvalue weighted by molar-refractivity contribution is -0.115. The number of carbonyl (C=O) groups excluding carboxylic acids is 1. The predicted octanol–water partition coefficient (Wildman–Crippen LogP) is 3.63. The van der Waals surface area contributed by atoms with Crippen LogP contribution in [0.5, 0.6) is 5.75 Å². The summed E-state index contributed by atoms with van der Waals surface area (Å²) in [6.45, 7) is 1.81. The van der Waals surface area contributed by atoms with Gasteiger partial charge >= 0.3 is 0 Å². The highest BCUT2D eigenvalue weighted by atomic mass is 32.2. The molecule has 2 heterocycles. The normalized spacial score (nSPS) is 12.2. The third-order valence-electron chi connectivity index (χ3n) is 4.11. The van der Waals surface area contributed by atoms with Gasteiger partial charge in [-0.3, -0.25) is 4.79 Å². The maximum Gasteiger partial charge on any atom is 0.237 e. The van der Waals surface area contributed by atoms with E-state index in [9.17, 15) is 4.79 Å². The van der Waals surface area contributed by atoms with Crippen molar-refractivity contribution in [3.05, 3.63) is 48.5 Å². The van der Waals surface area contributed by atoms with Crippen LogP contribution in [0.2, 0.25) is 0 Å². The van der Waals surface area contributed by atoms with Crippen LogP contribution in [0, 0.1) is 0 Å². The fourth-order valence-electron chi connectivity index (χ4n) is 2.69.